The van der Waals surface area contributed by atoms with Crippen molar-refractivity contribution in [1.82, 2.24) is 21.3 Å². The maximum absolute atomic E-state index is 13.3. The minimum absolute atomic E-state index is 0. The lowest BCUT2D eigenvalue weighted by atomic mass is 9.94. The van der Waals surface area contributed by atoms with Crippen LogP contribution < -0.4 is 49.9 Å². The van der Waals surface area contributed by atoms with Crippen molar-refractivity contribution in [2.24, 2.45) is 28.7 Å². The van der Waals surface area contributed by atoms with Crippen LogP contribution in [0.2, 0.25) is 0 Å². The van der Waals surface area contributed by atoms with Gasteiger partial charge in [-0.3, -0.25) is 0 Å². The average molecular weight is 2140 g/mol. The molecule has 0 spiro atoms. The van der Waals surface area contributed by atoms with Crippen LogP contribution in [0.5, 0.6) is 0 Å². The number of rotatable bonds is 41. The second-order valence-corrected chi connectivity index (χ2v) is 34.6. The quantitative estimate of drug-likeness (QED) is 0.0275. The van der Waals surface area contributed by atoms with Gasteiger partial charge in [0, 0.05) is 0 Å². The molecule has 0 aliphatic carbocycles. The summed E-state index contributed by atoms with van der Waals surface area (Å²) < 4.78 is 88.7. The summed E-state index contributed by atoms with van der Waals surface area (Å²) in [7, 11) is 0. The first-order chi connectivity index (χ1) is 64.1. The fourth-order valence-corrected chi connectivity index (χ4v) is 14.5. The van der Waals surface area contributed by atoms with Crippen LogP contribution in [0.15, 0.2) is 60.7 Å². The van der Waals surface area contributed by atoms with Crippen LogP contribution in [0.1, 0.15) is 74.9 Å². The molecule has 6 aliphatic heterocycles. The molecule has 56 nitrogen and oxygen atoms in total. The minimum Gasteiger partial charge on any atom is -0.445 e. The second kappa shape index (κ2) is 64.9. The largest absolute Gasteiger partial charge is 0.445 e. The molecule has 2 aromatic carbocycles. The van der Waals surface area contributed by atoms with E-state index in [2.05, 4.69) is 21.3 Å². The SMILES string of the molecule is C.C.C.CC(C)(C)OC(=O)NC(CO)[C@H](O)[C@H](O[C@@H]1OC(CO)[C@@H](O[C@@H]2OC(CO)[C@@H](O)[C@@H](O)C2N)[C@@H](O)C1N)C(O)CO.CC(C)(C)OC(=O)NC(CO)[C@H](O)[C@H](O[C@@H]1OC(CO)[C@@H](O[C@@H]2OC(CO)[C@@H](O)[C@@H](O)C2NC(=O)OCc2ccccc2)[C@@H](O)C1NC(=O)OCc1ccccc1)C(O)CO.Cl.Cl.Cl.NC1[C@H](O[C@@H]2C(CO)O[C@@H](O[C@H](C(O)CO)[C@@H](O)C(N)CO)C(N)[C@@H]2O)OC(CO)[C@@H](O)[C@H]1O. The van der Waals surface area contributed by atoms with Gasteiger partial charge in [0.1, 0.15) is 201 Å². The molecule has 834 valence electrons. The van der Waals surface area contributed by atoms with Crippen molar-refractivity contribution >= 4 is 61.6 Å². The van der Waals surface area contributed by atoms with Crippen LogP contribution in [0.3, 0.4) is 0 Å². The third kappa shape index (κ3) is 38.3. The van der Waals surface area contributed by atoms with E-state index in [9.17, 15) is 157 Å². The van der Waals surface area contributed by atoms with Gasteiger partial charge in [-0.1, -0.05) is 82.9 Å². The van der Waals surface area contributed by atoms with Crippen molar-refractivity contribution in [1.29, 1.82) is 0 Å². The van der Waals surface area contributed by atoms with Gasteiger partial charge in [0.2, 0.25) is 0 Å². The number of benzene rings is 2. The molecule has 59 heteroatoms. The van der Waals surface area contributed by atoms with E-state index in [1.165, 1.54) is 0 Å². The number of alkyl carbamates (subject to hydrolysis) is 4. The number of nitrogens with one attached hydrogen (secondary N) is 4. The zero-order valence-corrected chi connectivity index (χ0v) is 78.7. The Balaban J connectivity index is 0.00000216. The molecule has 0 bridgehead atoms. The highest BCUT2D eigenvalue weighted by Gasteiger charge is 2.57. The lowest BCUT2D eigenvalue weighted by molar-refractivity contribution is -0.341. The van der Waals surface area contributed by atoms with E-state index in [1.807, 2.05) is 0 Å². The predicted molar refractivity (Wildman–Crippen MR) is 492 cm³/mol. The van der Waals surface area contributed by atoms with Gasteiger partial charge in [0.25, 0.3) is 0 Å². The maximum atomic E-state index is 13.3. The van der Waals surface area contributed by atoms with E-state index >= 15 is 0 Å². The molecule has 6 fully saturated rings. The van der Waals surface area contributed by atoms with Crippen LogP contribution in [0.25, 0.3) is 0 Å². The third-order valence-corrected chi connectivity index (χ3v) is 22.1. The summed E-state index contributed by atoms with van der Waals surface area (Å²) in [5, 5.41) is 285. The second-order valence-electron chi connectivity index (χ2n) is 34.6. The van der Waals surface area contributed by atoms with Crippen molar-refractivity contribution in [2.45, 2.75) is 345 Å². The summed E-state index contributed by atoms with van der Waals surface area (Å²) in [6.45, 7) is -1.03. The van der Waals surface area contributed by atoms with Crippen molar-refractivity contribution < 1.29 is 233 Å². The molecule has 8 rings (SSSR count). The number of hydrogen-bond donors (Lipinski definition) is 36. The summed E-state index contributed by atoms with van der Waals surface area (Å²) >= 11 is 0. The van der Waals surface area contributed by atoms with Gasteiger partial charge in [-0.25, -0.2) is 19.2 Å². The number of aliphatic hydroxyl groups is 27. The fourth-order valence-electron chi connectivity index (χ4n) is 14.5. The number of carbonyl (C=O) groups is 4. The minimum atomic E-state index is -2.04. The molecule has 0 saturated carbocycles. The third-order valence-electron chi connectivity index (χ3n) is 22.1. The summed E-state index contributed by atoms with van der Waals surface area (Å²) in [5.41, 5.74) is 28.7. The van der Waals surface area contributed by atoms with Gasteiger partial charge >= 0.3 is 24.4 Å². The summed E-state index contributed by atoms with van der Waals surface area (Å²) in [4.78, 5) is 50.9. The zero-order valence-electron chi connectivity index (χ0n) is 76.3. The van der Waals surface area contributed by atoms with E-state index in [1.54, 1.807) is 102 Å². The van der Waals surface area contributed by atoms with Crippen molar-refractivity contribution in [3.63, 3.8) is 0 Å². The molecular weight excluding hydrogens is 1980 g/mol. The summed E-state index contributed by atoms with van der Waals surface area (Å²) in [6, 6.07) is 3.70. The normalized spacial score (nSPS) is 33.4. The molecule has 142 heavy (non-hydrogen) atoms. The molecule has 18 unspecified atom stereocenters. The molecule has 6 saturated heterocycles. The van der Waals surface area contributed by atoms with Gasteiger partial charge in [0.15, 0.2) is 37.7 Å². The Morgan fingerprint density at radius 3 is 0.930 bits per heavy atom. The first-order valence-corrected chi connectivity index (χ1v) is 43.2. The van der Waals surface area contributed by atoms with Gasteiger partial charge in [-0.15, -0.1) is 37.2 Å². The van der Waals surface area contributed by atoms with E-state index in [0.29, 0.717) is 11.1 Å². The van der Waals surface area contributed by atoms with Gasteiger partial charge in [-0.05, 0) is 52.7 Å². The molecule has 6 aliphatic rings. The Bertz CT molecular complexity index is 3770. The van der Waals surface area contributed by atoms with Crippen molar-refractivity contribution in [2.75, 3.05) is 79.3 Å². The van der Waals surface area contributed by atoms with Crippen LogP contribution >= 0.6 is 37.2 Å². The standard InChI is InChI=1S/C39H57N3O19.C23H45N3O15.C18H37N3O13.3CH4.3ClH/c1-39(2,3)61-38(54)40-22(14-43)28(48)32(23(47)15-44)59-35-27(42-37(53)56-19-21-12-8-5-9-13-21)31(51)33(25(17-46)58-35)60-34-26(30(50)29(49)24(16-45)57-34)41-36(52)55-18-20-10-6-4-7-11-20;1-23(2,3)41-22(36)26-8(4-27)14(32)18(9(31)5-28)39-21-13(25)17(35)19(11(7-30)38-21)40-20-12(24)16(34)15(33)10(6-29)37-20;19-5(1-22)11(27)15(6(26)2-23)33-18-10(21)14(30)16(8(4-25)32-18)34-17-9(20)13(29)12(28)7(3-24)31-17;;;;;;/h4-13,22-35,43-51H,14-19H2,1-3H3,(H,40,54)(H,41,52)(H,42,53);8-21,27-35H,4-7,24-25H2,1-3H3,(H,26,36);5-18,22-30H,1-4,19-21H2;3*1H4;3*1H/t22?,23?,24?,25?,26?,27?,28-,29+,30-,31-,32+,33+,34-,35-;8?,9?,10?,11?,12?,13?,14-,15+,16-,17-,18+,19+,20-,21-;5?,6?,7?,8?,9?,10?,11-,12+,13-,14-,15+,16+,17-,18-;;;;;;/m000....../s1. The van der Waals surface area contributed by atoms with Crippen molar-refractivity contribution in [3.05, 3.63) is 71.8 Å². The molecule has 4 amide bonds. The number of amides is 4. The van der Waals surface area contributed by atoms with Crippen LogP contribution in [0, 0.1) is 0 Å². The maximum Gasteiger partial charge on any atom is 0.408 e. The highest BCUT2D eigenvalue weighted by molar-refractivity contribution is 5.86. The number of carbonyl (C=O) groups excluding carboxylic acids is 4. The Morgan fingerprint density at radius 1 is 0.345 bits per heavy atom. The van der Waals surface area contributed by atoms with E-state index in [4.69, 9.17) is 104 Å². The molecule has 0 radical (unpaired) electrons. The van der Waals surface area contributed by atoms with Crippen LogP contribution in [-0.2, 0) is 89.0 Å². The number of aliphatic hydroxyl groups excluding tert-OH is 27. The Kier molecular flexibility index (Phi) is 62.4. The lowest BCUT2D eigenvalue weighted by Gasteiger charge is -2.48. The van der Waals surface area contributed by atoms with Gasteiger partial charge in [0.05, 0.1) is 122 Å². The smallest absolute Gasteiger partial charge is 0.408 e. The first kappa shape index (κ1) is 137. The molecule has 41 N–H and O–H groups in total. The molecule has 2 aromatic rings. The molecule has 0 aromatic heterocycles. The Hall–Kier alpha value is -5.37. The van der Waals surface area contributed by atoms with Gasteiger partial charge in [-0.2, -0.15) is 0 Å². The zero-order chi connectivity index (χ0) is 102. The topological polar surface area (TPSA) is 940 Å². The summed E-state index contributed by atoms with van der Waals surface area (Å²) in [5.74, 6) is 0. The van der Waals surface area contributed by atoms with E-state index in [-0.39, 0.29) is 72.7 Å². The monoisotopic (exact) mass is 2130 g/mol. The van der Waals surface area contributed by atoms with E-state index in [0.717, 1.165) is 0 Å². The number of hydrogen-bond acceptors (Lipinski definition) is 52. The highest BCUT2D eigenvalue weighted by atomic mass is 35.5. The Labute approximate surface area is 837 Å². The first-order valence-electron chi connectivity index (χ1n) is 43.2. The number of nitrogens with two attached hydrogens (primary N) is 5. The van der Waals surface area contributed by atoms with E-state index < -0.39 is 372 Å². The Morgan fingerprint density at radius 2 is 0.620 bits per heavy atom. The predicted octanol–water partition coefficient (Wildman–Crippen LogP) is -13.9. The summed E-state index contributed by atoms with van der Waals surface area (Å²) in [6.07, 6.45) is -58.6. The van der Waals surface area contributed by atoms with Crippen LogP contribution in [-0.4, -0.2) is 510 Å². The number of ether oxygens (including phenoxy) is 16. The average Bonchev–Trinajstić information content (AvgIpc) is 0.793. The molecule has 6 heterocycles. The van der Waals surface area contributed by atoms with Crippen molar-refractivity contribution in [3.8, 4) is 0 Å². The van der Waals surface area contributed by atoms with Crippen LogP contribution in [0.4, 0.5) is 19.2 Å². The molecular formula is C83H154Cl3N9O47. The molecule has 42 atom stereocenters. The lowest BCUT2D eigenvalue weighted by Crippen LogP contribution is -2.70. The van der Waals surface area contributed by atoms with Gasteiger partial charge < -0.3 is 264 Å². The number of halogens is 3. The highest BCUT2D eigenvalue weighted by Crippen LogP contribution is 2.36. The fraction of sp³-hybridized carbons (Fsp3) is 0.807.